The van der Waals surface area contributed by atoms with E-state index in [1.807, 2.05) is 48.8 Å². The molecule has 0 fully saturated rings. The Balaban J connectivity index is 1.21. The fourth-order valence-electron chi connectivity index (χ4n) is 7.91. The van der Waals surface area contributed by atoms with Crippen LogP contribution in [0.25, 0.3) is 22.6 Å². The van der Waals surface area contributed by atoms with E-state index in [4.69, 9.17) is 0 Å². The fraction of sp³-hybridized carbons (Fsp3) is 0.152. The molecule has 246 valence electrons. The first-order valence-electron chi connectivity index (χ1n) is 17.5. The second-order valence-corrected chi connectivity index (χ2v) is 13.5. The van der Waals surface area contributed by atoms with Crippen molar-refractivity contribution < 1.29 is 0 Å². The molecule has 1 aliphatic heterocycles. The standard InChI is InChI=1S/C46H37N5/c1-31-15-20-40-42-27-34(29-48)17-22-45(42)51(46(40)25-31)44-14-7-6-13-39(44)38-21-16-33(28-47)26-41(38)35-11-8-12-37(19-18-35)50-32(2)9-4-3-5-10-36-30-49-24-23-43(36)50/h3-9,11-18,20-24,26-27,30-31,39,44H,2,10,19,25H2,1H3/b5-3-,9-4-. The molecule has 2 aromatic heterocycles. The minimum atomic E-state index is 0.00224. The average Bonchev–Trinajstić information content (AvgIpc) is 3.32. The third-order valence-electron chi connectivity index (χ3n) is 10.3. The van der Waals surface area contributed by atoms with E-state index in [1.165, 1.54) is 16.8 Å². The Morgan fingerprint density at radius 1 is 0.863 bits per heavy atom. The Kier molecular flexibility index (Phi) is 8.40. The molecule has 4 aliphatic rings. The van der Waals surface area contributed by atoms with Crippen LogP contribution in [-0.2, 0) is 12.8 Å². The van der Waals surface area contributed by atoms with E-state index >= 15 is 0 Å². The van der Waals surface area contributed by atoms with Gasteiger partial charge in [-0.25, -0.2) is 0 Å². The van der Waals surface area contributed by atoms with E-state index in [9.17, 15) is 10.5 Å². The maximum absolute atomic E-state index is 10.1. The van der Waals surface area contributed by atoms with Gasteiger partial charge in [0.25, 0.3) is 0 Å². The summed E-state index contributed by atoms with van der Waals surface area (Å²) in [5.74, 6) is 0.421. The van der Waals surface area contributed by atoms with Gasteiger partial charge in [-0.3, -0.25) is 4.98 Å². The van der Waals surface area contributed by atoms with E-state index in [2.05, 4.69) is 131 Å². The van der Waals surface area contributed by atoms with Crippen LogP contribution < -0.4 is 4.90 Å². The predicted molar refractivity (Wildman–Crippen MR) is 207 cm³/mol. The van der Waals surface area contributed by atoms with Crippen molar-refractivity contribution in [2.24, 2.45) is 5.92 Å². The molecule has 3 unspecified atom stereocenters. The van der Waals surface area contributed by atoms with Gasteiger partial charge in [0.1, 0.15) is 0 Å². The van der Waals surface area contributed by atoms with Crippen LogP contribution in [0.5, 0.6) is 0 Å². The molecule has 3 heterocycles. The summed E-state index contributed by atoms with van der Waals surface area (Å²) >= 11 is 0. The van der Waals surface area contributed by atoms with Crippen LogP contribution in [-0.4, -0.2) is 9.55 Å². The Bertz CT molecular complexity index is 2420. The van der Waals surface area contributed by atoms with Crippen molar-refractivity contribution in [1.82, 2.24) is 9.55 Å². The summed E-state index contributed by atoms with van der Waals surface area (Å²) in [7, 11) is 0. The number of pyridine rings is 1. The van der Waals surface area contributed by atoms with Gasteiger partial charge in [-0.1, -0.05) is 92.5 Å². The second kappa shape index (κ2) is 13.5. The molecule has 5 nitrogen and oxygen atoms in total. The summed E-state index contributed by atoms with van der Waals surface area (Å²) in [6, 6.07) is 19.0. The summed E-state index contributed by atoms with van der Waals surface area (Å²) in [5.41, 5.74) is 12.4. The third-order valence-corrected chi connectivity index (χ3v) is 10.3. The van der Waals surface area contributed by atoms with Gasteiger partial charge in [-0.15, -0.1) is 0 Å². The number of rotatable bonds is 4. The molecule has 3 aliphatic carbocycles. The molecule has 2 aromatic carbocycles. The molecule has 5 heteroatoms. The molecule has 0 bridgehead atoms. The summed E-state index contributed by atoms with van der Waals surface area (Å²) in [5, 5.41) is 20.9. The first kappa shape index (κ1) is 31.8. The largest absolute Gasteiger partial charge is 0.336 e. The molecule has 0 saturated heterocycles. The van der Waals surface area contributed by atoms with Gasteiger partial charge in [-0.05, 0) is 89.6 Å². The Hall–Kier alpha value is -6.43. The van der Waals surface area contributed by atoms with Crippen molar-refractivity contribution in [2.75, 3.05) is 4.90 Å². The predicted octanol–water partition coefficient (Wildman–Crippen LogP) is 10.4. The summed E-state index contributed by atoms with van der Waals surface area (Å²) in [4.78, 5) is 6.64. The normalized spacial score (nSPS) is 22.0. The fourth-order valence-corrected chi connectivity index (χ4v) is 7.91. The highest BCUT2D eigenvalue weighted by Gasteiger charge is 2.31. The van der Waals surface area contributed by atoms with Gasteiger partial charge in [0, 0.05) is 58.3 Å². The minimum Gasteiger partial charge on any atom is -0.336 e. The number of nitrogens with zero attached hydrogens (tertiary/aromatic N) is 5. The average molecular weight is 660 g/mol. The summed E-state index contributed by atoms with van der Waals surface area (Å²) in [6.07, 6.45) is 36.6. The van der Waals surface area contributed by atoms with Crippen LogP contribution in [0.3, 0.4) is 0 Å². The van der Waals surface area contributed by atoms with Crippen LogP contribution in [0, 0.1) is 28.6 Å². The smallest absolute Gasteiger partial charge is 0.0991 e. The van der Waals surface area contributed by atoms with Gasteiger partial charge in [0.2, 0.25) is 0 Å². The molecular formula is C46H37N5. The molecular weight excluding hydrogens is 623 g/mol. The van der Waals surface area contributed by atoms with Crippen molar-refractivity contribution in [3.8, 4) is 12.1 Å². The SMILES string of the molecule is C=C1/C=C\C=C/Cc2cnccc2N1C1=CC=CC(c2cc(C#N)ccc2C2C=CC=CC2n2c3c(c4cc(C#N)ccc42)C=CC(C)C3)=CC1. The molecule has 3 atom stereocenters. The van der Waals surface area contributed by atoms with Crippen molar-refractivity contribution >= 4 is 28.2 Å². The van der Waals surface area contributed by atoms with E-state index in [-0.39, 0.29) is 12.0 Å². The maximum atomic E-state index is 10.1. The summed E-state index contributed by atoms with van der Waals surface area (Å²) < 4.78 is 2.50. The number of benzene rings is 2. The Labute approximate surface area is 299 Å². The van der Waals surface area contributed by atoms with Crippen molar-refractivity contribution in [2.45, 2.75) is 38.1 Å². The minimum absolute atomic E-state index is 0.00224. The molecule has 0 radical (unpaired) electrons. The van der Waals surface area contributed by atoms with Gasteiger partial charge in [0.05, 0.1) is 35.0 Å². The van der Waals surface area contributed by atoms with E-state index < -0.39 is 0 Å². The monoisotopic (exact) mass is 659 g/mol. The molecule has 4 aromatic rings. The van der Waals surface area contributed by atoms with Crippen LogP contribution in [0.4, 0.5) is 5.69 Å². The topological polar surface area (TPSA) is 68.6 Å². The van der Waals surface area contributed by atoms with Crippen LogP contribution >= 0.6 is 0 Å². The van der Waals surface area contributed by atoms with Gasteiger partial charge in [-0.2, -0.15) is 10.5 Å². The van der Waals surface area contributed by atoms with E-state index in [0.717, 1.165) is 57.5 Å². The molecule has 0 N–H and O–H groups in total. The molecule has 0 spiro atoms. The quantitative estimate of drug-likeness (QED) is 0.219. The number of hydrogen-bond donors (Lipinski definition) is 0. The Morgan fingerprint density at radius 2 is 1.71 bits per heavy atom. The van der Waals surface area contributed by atoms with Crippen molar-refractivity contribution in [3.63, 3.8) is 0 Å². The number of aromatic nitrogens is 2. The van der Waals surface area contributed by atoms with Gasteiger partial charge < -0.3 is 9.47 Å². The van der Waals surface area contributed by atoms with Gasteiger partial charge >= 0.3 is 0 Å². The summed E-state index contributed by atoms with van der Waals surface area (Å²) in [6.45, 7) is 6.70. The number of nitriles is 2. The lowest BCUT2D eigenvalue weighted by atomic mass is 9.82. The lowest BCUT2D eigenvalue weighted by molar-refractivity contribution is 0.527. The second-order valence-electron chi connectivity index (χ2n) is 13.5. The third kappa shape index (κ3) is 5.84. The molecule has 0 amide bonds. The number of fused-ring (bicyclic) bond motifs is 4. The lowest BCUT2D eigenvalue weighted by Gasteiger charge is -2.31. The number of hydrogen-bond acceptors (Lipinski definition) is 4. The highest BCUT2D eigenvalue weighted by atomic mass is 15.2. The van der Waals surface area contributed by atoms with E-state index in [0.29, 0.717) is 23.5 Å². The lowest BCUT2D eigenvalue weighted by Crippen LogP contribution is -2.21. The van der Waals surface area contributed by atoms with Gasteiger partial charge in [0.15, 0.2) is 0 Å². The van der Waals surface area contributed by atoms with Crippen LogP contribution in [0.15, 0.2) is 152 Å². The molecule has 51 heavy (non-hydrogen) atoms. The molecule has 0 saturated carbocycles. The number of allylic oxidation sites excluding steroid dienone is 14. The Morgan fingerprint density at radius 3 is 2.59 bits per heavy atom. The zero-order chi connectivity index (χ0) is 34.9. The zero-order valence-electron chi connectivity index (χ0n) is 28.6. The van der Waals surface area contributed by atoms with E-state index in [1.54, 1.807) is 0 Å². The van der Waals surface area contributed by atoms with Crippen LogP contribution in [0.1, 0.15) is 64.4 Å². The van der Waals surface area contributed by atoms with Crippen molar-refractivity contribution in [3.05, 3.63) is 191 Å². The maximum Gasteiger partial charge on any atom is 0.0991 e. The highest BCUT2D eigenvalue weighted by molar-refractivity contribution is 5.93. The molecule has 8 rings (SSSR count). The first-order valence-corrected chi connectivity index (χ1v) is 17.5. The number of anilines is 1. The highest BCUT2D eigenvalue weighted by Crippen LogP contribution is 2.44. The zero-order valence-corrected chi connectivity index (χ0v) is 28.6. The first-order chi connectivity index (χ1) is 25.0. The van der Waals surface area contributed by atoms with Crippen LogP contribution in [0.2, 0.25) is 0 Å². The van der Waals surface area contributed by atoms with Crippen molar-refractivity contribution in [1.29, 1.82) is 10.5 Å².